The molecule has 3 rings (SSSR count). The lowest BCUT2D eigenvalue weighted by Gasteiger charge is -2.15. The standard InChI is InChI=1S/C21H21ClN2O3S/c1-26-12-6-11-24-20(25)19(14-15-13-16(22)9-10-18(15)27-2)28-21(24)23-17-7-4-3-5-8-17/h3-5,7-10,13-14H,6,11-12H2,1-2H3. The largest absolute Gasteiger partial charge is 0.496 e. The van der Waals surface area contributed by atoms with Gasteiger partial charge in [-0.3, -0.25) is 9.69 Å². The van der Waals surface area contributed by atoms with Crippen molar-refractivity contribution in [2.24, 2.45) is 4.99 Å². The second kappa shape index (κ2) is 9.78. The van der Waals surface area contributed by atoms with Gasteiger partial charge in [0, 0.05) is 30.8 Å². The zero-order valence-electron chi connectivity index (χ0n) is 15.7. The third kappa shape index (κ3) is 4.95. The molecule has 5 nitrogen and oxygen atoms in total. The quantitative estimate of drug-likeness (QED) is 0.471. The number of rotatable bonds is 7. The monoisotopic (exact) mass is 416 g/mol. The summed E-state index contributed by atoms with van der Waals surface area (Å²) in [5.74, 6) is 0.572. The summed E-state index contributed by atoms with van der Waals surface area (Å²) in [6.45, 7) is 1.11. The number of para-hydroxylation sites is 1. The Kier molecular flexibility index (Phi) is 7.14. The van der Waals surface area contributed by atoms with Crippen molar-refractivity contribution in [1.82, 2.24) is 4.90 Å². The SMILES string of the molecule is COCCCN1C(=O)C(=Cc2cc(Cl)ccc2OC)SC1=Nc1ccccc1. The highest BCUT2D eigenvalue weighted by Gasteiger charge is 2.33. The van der Waals surface area contributed by atoms with E-state index >= 15 is 0 Å². The summed E-state index contributed by atoms with van der Waals surface area (Å²) in [4.78, 5) is 20.0. The first-order valence-corrected chi connectivity index (χ1v) is 9.99. The van der Waals surface area contributed by atoms with Gasteiger partial charge >= 0.3 is 0 Å². The molecule has 1 heterocycles. The van der Waals surface area contributed by atoms with Gasteiger partial charge in [-0.15, -0.1) is 0 Å². The van der Waals surface area contributed by atoms with Crippen LogP contribution >= 0.6 is 23.4 Å². The summed E-state index contributed by atoms with van der Waals surface area (Å²) in [5, 5.41) is 1.23. The predicted molar refractivity (Wildman–Crippen MR) is 115 cm³/mol. The Morgan fingerprint density at radius 3 is 2.68 bits per heavy atom. The number of halogens is 1. The Balaban J connectivity index is 1.94. The molecule has 0 unspecified atom stereocenters. The Bertz CT molecular complexity index is 900. The van der Waals surface area contributed by atoms with Crippen LogP contribution in [0.3, 0.4) is 0 Å². The van der Waals surface area contributed by atoms with E-state index in [9.17, 15) is 4.79 Å². The highest BCUT2D eigenvalue weighted by Crippen LogP contribution is 2.36. The minimum absolute atomic E-state index is 0.0854. The van der Waals surface area contributed by atoms with E-state index in [1.54, 1.807) is 43.4 Å². The van der Waals surface area contributed by atoms with Crippen LogP contribution in [0.2, 0.25) is 5.02 Å². The number of amidine groups is 1. The van der Waals surface area contributed by atoms with Crippen LogP contribution < -0.4 is 4.74 Å². The summed E-state index contributed by atoms with van der Waals surface area (Å²) in [7, 11) is 3.24. The zero-order valence-corrected chi connectivity index (χ0v) is 17.3. The second-order valence-electron chi connectivity index (χ2n) is 6.03. The van der Waals surface area contributed by atoms with Crippen molar-refractivity contribution in [2.45, 2.75) is 6.42 Å². The molecule has 1 fully saturated rings. The number of thioether (sulfide) groups is 1. The van der Waals surface area contributed by atoms with Gasteiger partial charge in [0.25, 0.3) is 5.91 Å². The predicted octanol–water partition coefficient (Wildman–Crippen LogP) is 4.99. The first kappa shape index (κ1) is 20.5. The first-order valence-electron chi connectivity index (χ1n) is 8.80. The van der Waals surface area contributed by atoms with E-state index in [-0.39, 0.29) is 5.91 Å². The molecule has 146 valence electrons. The zero-order chi connectivity index (χ0) is 19.9. The maximum Gasteiger partial charge on any atom is 0.266 e. The molecule has 1 amide bonds. The fourth-order valence-electron chi connectivity index (χ4n) is 2.73. The lowest BCUT2D eigenvalue weighted by atomic mass is 10.2. The number of aliphatic imine (C=N–C) groups is 1. The molecule has 0 spiro atoms. The number of nitrogens with zero attached hydrogens (tertiary/aromatic N) is 2. The van der Waals surface area contributed by atoms with Crippen LogP contribution in [0.15, 0.2) is 58.4 Å². The fourth-order valence-corrected chi connectivity index (χ4v) is 3.92. The molecule has 0 aliphatic carbocycles. The summed E-state index contributed by atoms with van der Waals surface area (Å²) in [6.07, 6.45) is 2.53. The van der Waals surface area contributed by atoms with Gasteiger partial charge in [-0.05, 0) is 54.6 Å². The van der Waals surface area contributed by atoms with E-state index in [4.69, 9.17) is 21.1 Å². The molecular formula is C21H21ClN2O3S. The van der Waals surface area contributed by atoms with E-state index < -0.39 is 0 Å². The van der Waals surface area contributed by atoms with Gasteiger partial charge in [0.15, 0.2) is 5.17 Å². The minimum Gasteiger partial charge on any atom is -0.496 e. The fraction of sp³-hybridized carbons (Fsp3) is 0.238. The summed E-state index contributed by atoms with van der Waals surface area (Å²) < 4.78 is 10.5. The number of carbonyl (C=O) groups excluding carboxylic acids is 1. The van der Waals surface area contributed by atoms with Crippen LogP contribution in [0.5, 0.6) is 5.75 Å². The average molecular weight is 417 g/mol. The Morgan fingerprint density at radius 1 is 1.18 bits per heavy atom. The van der Waals surface area contributed by atoms with Crippen molar-refractivity contribution in [3.8, 4) is 5.75 Å². The number of hydrogen-bond donors (Lipinski definition) is 0. The molecule has 1 saturated heterocycles. The number of hydrogen-bond acceptors (Lipinski definition) is 5. The van der Waals surface area contributed by atoms with Crippen LogP contribution in [0.4, 0.5) is 5.69 Å². The summed E-state index contributed by atoms with van der Waals surface area (Å²) in [6, 6.07) is 14.9. The lowest BCUT2D eigenvalue weighted by molar-refractivity contribution is -0.122. The highest BCUT2D eigenvalue weighted by molar-refractivity contribution is 8.18. The molecule has 0 radical (unpaired) electrons. The van der Waals surface area contributed by atoms with Crippen LogP contribution in [0, 0.1) is 0 Å². The molecule has 2 aromatic carbocycles. The molecule has 1 aliphatic heterocycles. The summed E-state index contributed by atoms with van der Waals surface area (Å²) in [5.41, 5.74) is 1.56. The minimum atomic E-state index is -0.0854. The summed E-state index contributed by atoms with van der Waals surface area (Å²) >= 11 is 7.47. The van der Waals surface area contributed by atoms with Crippen molar-refractivity contribution in [2.75, 3.05) is 27.4 Å². The molecule has 0 N–H and O–H groups in total. The smallest absolute Gasteiger partial charge is 0.266 e. The van der Waals surface area contributed by atoms with Gasteiger partial charge in [-0.1, -0.05) is 29.8 Å². The maximum atomic E-state index is 13.0. The average Bonchev–Trinajstić information content (AvgIpc) is 2.98. The molecule has 2 aromatic rings. The van der Waals surface area contributed by atoms with E-state index in [0.29, 0.717) is 34.0 Å². The Morgan fingerprint density at radius 2 is 1.96 bits per heavy atom. The topological polar surface area (TPSA) is 51.1 Å². The molecule has 28 heavy (non-hydrogen) atoms. The van der Waals surface area contributed by atoms with Gasteiger partial charge in [-0.25, -0.2) is 4.99 Å². The number of methoxy groups -OCH3 is 2. The molecule has 0 bridgehead atoms. The Hall–Kier alpha value is -2.28. The molecule has 0 aromatic heterocycles. The van der Waals surface area contributed by atoms with Gasteiger partial charge in [0.05, 0.1) is 17.7 Å². The molecule has 0 atom stereocenters. The molecule has 0 saturated carbocycles. The third-order valence-corrected chi connectivity index (χ3v) is 5.32. The second-order valence-corrected chi connectivity index (χ2v) is 7.48. The maximum absolute atomic E-state index is 13.0. The van der Waals surface area contributed by atoms with E-state index in [0.717, 1.165) is 17.7 Å². The molecule has 7 heteroatoms. The van der Waals surface area contributed by atoms with Gasteiger partial charge in [-0.2, -0.15) is 0 Å². The van der Waals surface area contributed by atoms with Crippen molar-refractivity contribution in [3.05, 3.63) is 64.0 Å². The third-order valence-electron chi connectivity index (χ3n) is 4.08. The number of benzene rings is 2. The number of ether oxygens (including phenoxy) is 2. The van der Waals surface area contributed by atoms with Crippen LogP contribution in [-0.2, 0) is 9.53 Å². The highest BCUT2D eigenvalue weighted by atomic mass is 35.5. The van der Waals surface area contributed by atoms with Crippen molar-refractivity contribution < 1.29 is 14.3 Å². The van der Waals surface area contributed by atoms with Gasteiger partial charge < -0.3 is 9.47 Å². The van der Waals surface area contributed by atoms with Crippen LogP contribution in [-0.4, -0.2) is 43.3 Å². The normalized spacial score (nSPS) is 17.0. The van der Waals surface area contributed by atoms with Crippen molar-refractivity contribution >= 4 is 46.2 Å². The van der Waals surface area contributed by atoms with Gasteiger partial charge in [0.1, 0.15) is 5.75 Å². The van der Waals surface area contributed by atoms with Crippen molar-refractivity contribution in [3.63, 3.8) is 0 Å². The van der Waals surface area contributed by atoms with Crippen LogP contribution in [0.1, 0.15) is 12.0 Å². The molecular weight excluding hydrogens is 396 g/mol. The van der Waals surface area contributed by atoms with E-state index in [1.165, 1.54) is 11.8 Å². The van der Waals surface area contributed by atoms with Gasteiger partial charge in [0.2, 0.25) is 0 Å². The van der Waals surface area contributed by atoms with E-state index in [1.807, 2.05) is 30.3 Å². The lowest BCUT2D eigenvalue weighted by Crippen LogP contribution is -2.30. The molecule has 1 aliphatic rings. The number of amides is 1. The van der Waals surface area contributed by atoms with E-state index in [2.05, 4.69) is 4.99 Å². The van der Waals surface area contributed by atoms with Crippen molar-refractivity contribution in [1.29, 1.82) is 0 Å². The number of carbonyl (C=O) groups is 1. The first-order chi connectivity index (χ1) is 13.6. The van der Waals surface area contributed by atoms with Crippen LogP contribution in [0.25, 0.3) is 6.08 Å². The Labute approximate surface area is 174 Å².